The Morgan fingerprint density at radius 1 is 0.955 bits per heavy atom. The molecule has 0 aromatic heterocycles. The molecule has 4 nitrogen and oxygen atoms in total. The van der Waals surface area contributed by atoms with Gasteiger partial charge in [0.25, 0.3) is 0 Å². The summed E-state index contributed by atoms with van der Waals surface area (Å²) in [6.45, 7) is 3.31. The van der Waals surface area contributed by atoms with E-state index >= 15 is 0 Å². The van der Waals surface area contributed by atoms with Gasteiger partial charge in [-0.3, -0.25) is 0 Å². The molecule has 4 saturated carbocycles. The molecule has 0 radical (unpaired) electrons. The summed E-state index contributed by atoms with van der Waals surface area (Å²) in [6.07, 6.45) is 9.51. The summed E-state index contributed by atoms with van der Waals surface area (Å²) in [7, 11) is 0. The Labute approximate surface area is 130 Å². The lowest BCUT2D eigenvalue weighted by Gasteiger charge is -2.60. The molecule has 4 rings (SSSR count). The largest absolute Gasteiger partial charge is 0.478 e. The fraction of sp³-hybridized carbons (Fsp3) is 0.667. The standard InChI is InChI=1S/C18H24O4/c1-10(16(19)20)3-15-14-5-12-4-13(6-14)9-18(15,8-12)7-11(2)17(21)22/h3,7,12-15H,4-6,8-9H2,1-2H3,(H,19,20)(H,21,22). The molecule has 4 aliphatic rings. The van der Waals surface area contributed by atoms with Crippen molar-refractivity contribution in [1.29, 1.82) is 0 Å². The van der Waals surface area contributed by atoms with Gasteiger partial charge in [0.15, 0.2) is 0 Å². The SMILES string of the molecule is CC(=CC1C2CC3CC(C2)CC1(C=C(C)C(=O)O)C3)C(=O)O. The molecule has 22 heavy (non-hydrogen) atoms. The number of carboxylic acid groups (broad SMARTS) is 2. The van der Waals surface area contributed by atoms with Crippen LogP contribution < -0.4 is 0 Å². The molecular weight excluding hydrogens is 280 g/mol. The van der Waals surface area contributed by atoms with E-state index in [4.69, 9.17) is 0 Å². The summed E-state index contributed by atoms with van der Waals surface area (Å²) in [5.41, 5.74) is 0.639. The predicted octanol–water partition coefficient (Wildman–Crippen LogP) is 3.49. The molecule has 2 N–H and O–H groups in total. The van der Waals surface area contributed by atoms with Gasteiger partial charge in [-0.05, 0) is 75.0 Å². The summed E-state index contributed by atoms with van der Waals surface area (Å²) in [6, 6.07) is 0. The topological polar surface area (TPSA) is 74.6 Å². The Morgan fingerprint density at radius 2 is 1.50 bits per heavy atom. The Kier molecular flexibility index (Phi) is 3.66. The Balaban J connectivity index is 2.02. The van der Waals surface area contributed by atoms with Gasteiger partial charge in [-0.2, -0.15) is 0 Å². The number of allylic oxidation sites excluding steroid dienone is 2. The van der Waals surface area contributed by atoms with E-state index < -0.39 is 11.9 Å². The van der Waals surface area contributed by atoms with Gasteiger partial charge in [0.1, 0.15) is 0 Å². The van der Waals surface area contributed by atoms with E-state index in [1.54, 1.807) is 13.8 Å². The van der Waals surface area contributed by atoms with Crippen molar-refractivity contribution in [1.82, 2.24) is 0 Å². The second kappa shape index (κ2) is 5.25. The highest BCUT2D eigenvalue weighted by Gasteiger charge is 2.55. The Bertz CT molecular complexity index is 558. The number of carbonyl (C=O) groups is 2. The van der Waals surface area contributed by atoms with Crippen molar-refractivity contribution in [3.05, 3.63) is 23.3 Å². The second-order valence-corrected chi connectivity index (χ2v) is 7.65. The summed E-state index contributed by atoms with van der Waals surface area (Å²) >= 11 is 0. The molecule has 0 aromatic rings. The maximum Gasteiger partial charge on any atom is 0.330 e. The maximum absolute atomic E-state index is 11.3. The van der Waals surface area contributed by atoms with Crippen LogP contribution in [-0.2, 0) is 9.59 Å². The van der Waals surface area contributed by atoms with Gasteiger partial charge < -0.3 is 10.2 Å². The van der Waals surface area contributed by atoms with E-state index in [0.29, 0.717) is 28.9 Å². The van der Waals surface area contributed by atoms with Crippen molar-refractivity contribution in [3.8, 4) is 0 Å². The van der Waals surface area contributed by atoms with Crippen LogP contribution in [0.25, 0.3) is 0 Å². The zero-order valence-corrected chi connectivity index (χ0v) is 13.2. The van der Waals surface area contributed by atoms with Crippen LogP contribution in [0.4, 0.5) is 0 Å². The first-order chi connectivity index (χ1) is 10.3. The molecule has 0 aliphatic heterocycles. The third-order valence-corrected chi connectivity index (χ3v) is 6.06. The van der Waals surface area contributed by atoms with Crippen molar-refractivity contribution in [2.45, 2.75) is 46.0 Å². The summed E-state index contributed by atoms with van der Waals surface area (Å²) in [5.74, 6) is 0.315. The van der Waals surface area contributed by atoms with Gasteiger partial charge in [0.2, 0.25) is 0 Å². The zero-order chi connectivity index (χ0) is 16.1. The van der Waals surface area contributed by atoms with Crippen molar-refractivity contribution in [2.24, 2.45) is 29.1 Å². The van der Waals surface area contributed by atoms with Crippen molar-refractivity contribution < 1.29 is 19.8 Å². The van der Waals surface area contributed by atoms with E-state index in [2.05, 4.69) is 0 Å². The number of hydrogen-bond acceptors (Lipinski definition) is 2. The number of rotatable bonds is 4. The number of hydrogen-bond donors (Lipinski definition) is 2. The molecule has 0 aromatic carbocycles. The highest BCUT2D eigenvalue weighted by atomic mass is 16.4. The number of aliphatic carboxylic acids is 2. The molecule has 120 valence electrons. The van der Waals surface area contributed by atoms with Gasteiger partial charge in [0, 0.05) is 11.1 Å². The van der Waals surface area contributed by atoms with Crippen molar-refractivity contribution >= 4 is 11.9 Å². The van der Waals surface area contributed by atoms with Crippen LogP contribution in [0.5, 0.6) is 0 Å². The normalized spacial score (nSPS) is 40.8. The lowest BCUT2D eigenvalue weighted by Crippen LogP contribution is -2.51. The summed E-state index contributed by atoms with van der Waals surface area (Å²) < 4.78 is 0. The van der Waals surface area contributed by atoms with Crippen LogP contribution in [0, 0.1) is 29.1 Å². The van der Waals surface area contributed by atoms with Crippen molar-refractivity contribution in [3.63, 3.8) is 0 Å². The summed E-state index contributed by atoms with van der Waals surface area (Å²) in [4.78, 5) is 22.5. The number of carboxylic acids is 2. The Morgan fingerprint density at radius 3 is 2.00 bits per heavy atom. The zero-order valence-electron chi connectivity index (χ0n) is 13.2. The summed E-state index contributed by atoms with van der Waals surface area (Å²) in [5, 5.41) is 18.5. The fourth-order valence-electron chi connectivity index (χ4n) is 5.49. The average molecular weight is 304 g/mol. The van der Waals surface area contributed by atoms with E-state index in [0.717, 1.165) is 12.8 Å². The molecule has 0 heterocycles. The monoisotopic (exact) mass is 304 g/mol. The van der Waals surface area contributed by atoms with E-state index in [1.807, 2.05) is 12.2 Å². The first-order valence-corrected chi connectivity index (χ1v) is 8.15. The second-order valence-electron chi connectivity index (χ2n) is 7.65. The molecule has 0 spiro atoms. The smallest absolute Gasteiger partial charge is 0.330 e. The average Bonchev–Trinajstić information content (AvgIpc) is 2.41. The van der Waals surface area contributed by atoms with Gasteiger partial charge in [-0.15, -0.1) is 0 Å². The van der Waals surface area contributed by atoms with E-state index in [9.17, 15) is 19.8 Å². The van der Waals surface area contributed by atoms with Crippen LogP contribution in [0.3, 0.4) is 0 Å². The highest BCUT2D eigenvalue weighted by Crippen LogP contribution is 2.64. The van der Waals surface area contributed by atoms with E-state index in [-0.39, 0.29) is 11.3 Å². The van der Waals surface area contributed by atoms with Crippen LogP contribution in [0.1, 0.15) is 46.0 Å². The van der Waals surface area contributed by atoms with Crippen molar-refractivity contribution in [2.75, 3.05) is 0 Å². The molecular formula is C18H24O4. The third kappa shape index (κ3) is 2.49. The molecule has 4 aliphatic carbocycles. The van der Waals surface area contributed by atoms with Gasteiger partial charge in [0.05, 0.1) is 0 Å². The molecule has 3 atom stereocenters. The van der Waals surface area contributed by atoms with Gasteiger partial charge in [-0.1, -0.05) is 12.2 Å². The molecule has 0 amide bonds. The third-order valence-electron chi connectivity index (χ3n) is 6.06. The minimum absolute atomic E-state index is 0.145. The quantitative estimate of drug-likeness (QED) is 0.780. The van der Waals surface area contributed by atoms with Crippen LogP contribution in [0.15, 0.2) is 23.3 Å². The molecule has 4 heteroatoms. The molecule has 4 fully saturated rings. The van der Waals surface area contributed by atoms with Crippen LogP contribution in [0.2, 0.25) is 0 Å². The first-order valence-electron chi connectivity index (χ1n) is 8.15. The first kappa shape index (κ1) is 15.3. The van der Waals surface area contributed by atoms with Crippen LogP contribution >= 0.6 is 0 Å². The minimum Gasteiger partial charge on any atom is -0.478 e. The molecule has 4 bridgehead atoms. The van der Waals surface area contributed by atoms with Gasteiger partial charge in [-0.25, -0.2) is 9.59 Å². The molecule has 3 unspecified atom stereocenters. The lowest BCUT2D eigenvalue weighted by molar-refractivity contribution is -0.134. The Hall–Kier alpha value is -1.58. The van der Waals surface area contributed by atoms with Gasteiger partial charge >= 0.3 is 11.9 Å². The minimum atomic E-state index is -0.872. The molecule has 0 saturated heterocycles. The predicted molar refractivity (Wildman–Crippen MR) is 82.3 cm³/mol. The van der Waals surface area contributed by atoms with Crippen LogP contribution in [-0.4, -0.2) is 22.2 Å². The lowest BCUT2D eigenvalue weighted by atomic mass is 9.44. The highest BCUT2D eigenvalue weighted by molar-refractivity contribution is 5.86. The van der Waals surface area contributed by atoms with E-state index in [1.165, 1.54) is 19.3 Å². The maximum atomic E-state index is 11.3. The fourth-order valence-corrected chi connectivity index (χ4v) is 5.49.